The summed E-state index contributed by atoms with van der Waals surface area (Å²) in [6.45, 7) is 2.93. The lowest BCUT2D eigenvalue weighted by molar-refractivity contribution is -0.132. The van der Waals surface area contributed by atoms with E-state index in [0.717, 1.165) is 24.1 Å². The summed E-state index contributed by atoms with van der Waals surface area (Å²) in [4.78, 5) is 37.9. The summed E-state index contributed by atoms with van der Waals surface area (Å²) in [6, 6.07) is 6.92. The summed E-state index contributed by atoms with van der Waals surface area (Å²) < 4.78 is 5.67. The van der Waals surface area contributed by atoms with Gasteiger partial charge in [-0.15, -0.1) is 0 Å². The average Bonchev–Trinajstić information content (AvgIpc) is 3.22. The molecule has 1 fully saturated rings. The number of benzene rings is 1. The van der Waals surface area contributed by atoms with Gasteiger partial charge in [-0.05, 0) is 50.5 Å². The Bertz CT molecular complexity index is 964. The van der Waals surface area contributed by atoms with Crippen LogP contribution in [0.25, 0.3) is 0 Å². The van der Waals surface area contributed by atoms with Crippen LogP contribution in [-0.4, -0.2) is 46.9 Å². The zero-order valence-corrected chi connectivity index (χ0v) is 18.0. The molecule has 1 aromatic heterocycles. The first-order chi connectivity index (χ1) is 14.4. The number of halogens is 1. The molecule has 158 valence electrons. The molecule has 2 amide bonds. The first kappa shape index (κ1) is 20.6. The van der Waals surface area contributed by atoms with Crippen molar-refractivity contribution in [1.29, 1.82) is 0 Å². The van der Waals surface area contributed by atoms with Crippen molar-refractivity contribution in [3.8, 4) is 5.75 Å². The Morgan fingerprint density at radius 3 is 2.77 bits per heavy atom. The molecule has 8 heteroatoms. The third-order valence-electron chi connectivity index (χ3n) is 5.76. The van der Waals surface area contributed by atoms with Crippen molar-refractivity contribution in [3.63, 3.8) is 0 Å². The van der Waals surface area contributed by atoms with Crippen molar-refractivity contribution in [1.82, 2.24) is 14.9 Å². The second-order valence-corrected chi connectivity index (χ2v) is 8.16. The summed E-state index contributed by atoms with van der Waals surface area (Å²) in [6.07, 6.45) is 3.15. The zero-order valence-electron chi connectivity index (χ0n) is 17.2. The third-order valence-corrected chi connectivity index (χ3v) is 6.01. The molecular weight excluding hydrogens is 404 g/mol. The molecule has 4 rings (SSSR count). The third kappa shape index (κ3) is 4.12. The van der Waals surface area contributed by atoms with Crippen LogP contribution in [0.2, 0.25) is 5.02 Å². The molecule has 1 saturated heterocycles. The van der Waals surface area contributed by atoms with Crippen molar-refractivity contribution in [3.05, 3.63) is 46.4 Å². The largest absolute Gasteiger partial charge is 0.493 e. The number of hydrogen-bond donors (Lipinski definition) is 0. The van der Waals surface area contributed by atoms with Gasteiger partial charge >= 0.3 is 0 Å². The van der Waals surface area contributed by atoms with Gasteiger partial charge in [0.2, 0.25) is 11.8 Å². The minimum Gasteiger partial charge on any atom is -0.493 e. The molecule has 7 nitrogen and oxygen atoms in total. The van der Waals surface area contributed by atoms with Crippen LogP contribution < -0.4 is 9.64 Å². The Morgan fingerprint density at radius 1 is 1.23 bits per heavy atom. The van der Waals surface area contributed by atoms with Gasteiger partial charge in [-0.1, -0.05) is 11.6 Å². The second kappa shape index (κ2) is 8.60. The Labute approximate surface area is 181 Å². The molecular formula is C22H25ClN4O3. The predicted molar refractivity (Wildman–Crippen MR) is 114 cm³/mol. The van der Waals surface area contributed by atoms with Crippen LogP contribution in [0.1, 0.15) is 48.8 Å². The van der Waals surface area contributed by atoms with E-state index in [1.54, 1.807) is 36.2 Å². The van der Waals surface area contributed by atoms with Gasteiger partial charge in [0.1, 0.15) is 11.6 Å². The summed E-state index contributed by atoms with van der Waals surface area (Å²) in [5.41, 5.74) is 1.91. The molecule has 30 heavy (non-hydrogen) atoms. The van der Waals surface area contributed by atoms with Crippen LogP contribution in [-0.2, 0) is 16.0 Å². The topological polar surface area (TPSA) is 75.6 Å². The normalized spacial score (nSPS) is 18.5. The van der Waals surface area contributed by atoms with E-state index in [-0.39, 0.29) is 24.3 Å². The first-order valence-corrected chi connectivity index (χ1v) is 10.6. The molecule has 2 aromatic rings. The number of rotatable bonds is 5. The van der Waals surface area contributed by atoms with Crippen LogP contribution in [0.4, 0.5) is 5.82 Å². The Kier molecular flexibility index (Phi) is 5.90. The number of hydrogen-bond acceptors (Lipinski definition) is 5. The average molecular weight is 429 g/mol. The predicted octanol–water partition coefficient (Wildman–Crippen LogP) is 3.48. The van der Waals surface area contributed by atoms with E-state index in [2.05, 4.69) is 0 Å². The molecule has 0 spiro atoms. The van der Waals surface area contributed by atoms with E-state index >= 15 is 0 Å². The molecule has 1 aromatic carbocycles. The highest BCUT2D eigenvalue weighted by atomic mass is 35.5. The van der Waals surface area contributed by atoms with E-state index in [1.807, 2.05) is 11.8 Å². The van der Waals surface area contributed by atoms with Gasteiger partial charge in [-0.3, -0.25) is 14.5 Å². The fraction of sp³-hybridized carbons (Fsp3) is 0.455. The van der Waals surface area contributed by atoms with Gasteiger partial charge in [-0.25, -0.2) is 9.97 Å². The lowest BCUT2D eigenvalue weighted by Crippen LogP contribution is -2.35. The number of aryl methyl sites for hydroxylation is 1. The Balaban J connectivity index is 1.45. The highest BCUT2D eigenvalue weighted by Crippen LogP contribution is 2.34. The number of anilines is 1. The molecule has 2 aliphatic rings. The van der Waals surface area contributed by atoms with Crippen LogP contribution in [0.5, 0.6) is 5.75 Å². The molecule has 2 aliphatic heterocycles. The van der Waals surface area contributed by atoms with Crippen LogP contribution in [0.15, 0.2) is 24.3 Å². The lowest BCUT2D eigenvalue weighted by atomic mass is 10.0. The van der Waals surface area contributed by atoms with Crippen molar-refractivity contribution in [2.75, 3.05) is 25.1 Å². The van der Waals surface area contributed by atoms with E-state index in [0.29, 0.717) is 48.4 Å². The summed E-state index contributed by atoms with van der Waals surface area (Å²) in [5.74, 6) is 2.07. The number of carbonyl (C=O) groups excluding carboxylic acids is 2. The van der Waals surface area contributed by atoms with E-state index in [1.165, 1.54) is 0 Å². The number of amides is 2. The molecule has 0 unspecified atom stereocenters. The van der Waals surface area contributed by atoms with E-state index < -0.39 is 0 Å². The maximum atomic E-state index is 12.9. The SMILES string of the molecule is Cc1nc([C@@H]2CCCN2C(=O)CCOc2ccc(Cl)cc2)nc2c1CCC(=O)N2C. The second-order valence-electron chi connectivity index (χ2n) is 7.72. The number of fused-ring (bicyclic) bond motifs is 1. The molecule has 1 atom stereocenters. The van der Waals surface area contributed by atoms with Crippen molar-refractivity contribution in [2.45, 2.75) is 45.1 Å². The van der Waals surface area contributed by atoms with Crippen LogP contribution in [0.3, 0.4) is 0 Å². The number of likely N-dealkylation sites (tertiary alicyclic amines) is 1. The summed E-state index contributed by atoms with van der Waals surface area (Å²) in [7, 11) is 1.75. The standard InChI is InChI=1S/C22H25ClN4O3/c1-14-17-9-10-19(28)26(2)22(17)25-21(24-14)18-4-3-12-27(18)20(29)11-13-30-16-7-5-15(23)6-8-16/h5-8,18H,3-4,9-13H2,1-2H3/t18-/m0/s1. The van der Waals surface area contributed by atoms with Crippen molar-refractivity contribution >= 4 is 29.2 Å². The molecule has 3 heterocycles. The van der Waals surface area contributed by atoms with Gasteiger partial charge in [-0.2, -0.15) is 0 Å². The monoisotopic (exact) mass is 428 g/mol. The highest BCUT2D eigenvalue weighted by molar-refractivity contribution is 6.30. The van der Waals surface area contributed by atoms with E-state index in [4.69, 9.17) is 26.3 Å². The number of aromatic nitrogens is 2. The van der Waals surface area contributed by atoms with Crippen LogP contribution in [0, 0.1) is 6.92 Å². The van der Waals surface area contributed by atoms with Gasteiger partial charge in [0.25, 0.3) is 0 Å². The Morgan fingerprint density at radius 2 is 2.00 bits per heavy atom. The molecule has 0 radical (unpaired) electrons. The Hall–Kier alpha value is -2.67. The van der Waals surface area contributed by atoms with E-state index in [9.17, 15) is 9.59 Å². The minimum absolute atomic E-state index is 0.0230. The highest BCUT2D eigenvalue weighted by Gasteiger charge is 2.34. The molecule has 0 aliphatic carbocycles. The lowest BCUT2D eigenvalue weighted by Gasteiger charge is -2.29. The van der Waals surface area contributed by atoms with Gasteiger partial charge < -0.3 is 9.64 Å². The number of nitrogens with zero attached hydrogens (tertiary/aromatic N) is 4. The maximum absolute atomic E-state index is 12.9. The summed E-state index contributed by atoms with van der Waals surface area (Å²) in [5, 5.41) is 0.644. The number of carbonyl (C=O) groups is 2. The smallest absolute Gasteiger partial charge is 0.228 e. The fourth-order valence-electron chi connectivity index (χ4n) is 4.10. The van der Waals surface area contributed by atoms with Crippen LogP contribution >= 0.6 is 11.6 Å². The fourth-order valence-corrected chi connectivity index (χ4v) is 4.23. The van der Waals surface area contributed by atoms with Gasteiger partial charge in [0.15, 0.2) is 5.82 Å². The van der Waals surface area contributed by atoms with Gasteiger partial charge in [0, 0.05) is 36.3 Å². The number of ether oxygens (including phenoxy) is 1. The summed E-state index contributed by atoms with van der Waals surface area (Å²) >= 11 is 5.88. The molecule has 0 bridgehead atoms. The quantitative estimate of drug-likeness (QED) is 0.728. The first-order valence-electron chi connectivity index (χ1n) is 10.3. The zero-order chi connectivity index (χ0) is 21.3. The maximum Gasteiger partial charge on any atom is 0.228 e. The molecule has 0 N–H and O–H groups in total. The van der Waals surface area contributed by atoms with Gasteiger partial charge in [0.05, 0.1) is 19.1 Å². The van der Waals surface area contributed by atoms with Crippen molar-refractivity contribution in [2.24, 2.45) is 0 Å². The minimum atomic E-state index is -0.164. The van der Waals surface area contributed by atoms with Crippen molar-refractivity contribution < 1.29 is 14.3 Å². The molecule has 0 saturated carbocycles.